The number of rotatable bonds is 16. The van der Waals surface area contributed by atoms with Crippen molar-refractivity contribution in [1.82, 2.24) is 0 Å². The van der Waals surface area contributed by atoms with Gasteiger partial charge in [0.25, 0.3) is 0 Å². The van der Waals surface area contributed by atoms with Crippen molar-refractivity contribution < 1.29 is 0 Å². The maximum atomic E-state index is 7.29. The summed E-state index contributed by atoms with van der Waals surface area (Å²) in [6, 6.07) is 0. The lowest BCUT2D eigenvalue weighted by Gasteiger charge is -2.36. The molecule has 0 radical (unpaired) electrons. The van der Waals surface area contributed by atoms with Gasteiger partial charge in [-0.3, -0.25) is 0 Å². The summed E-state index contributed by atoms with van der Waals surface area (Å²) in [5, 5.41) is 0. The Morgan fingerprint density at radius 3 is 1.45 bits per heavy atom. The fraction of sp³-hybridized carbons (Fsp3) is 1.00. The molecule has 0 bridgehead atoms. The van der Waals surface area contributed by atoms with Crippen molar-refractivity contribution >= 4 is 11.6 Å². The fourth-order valence-corrected chi connectivity index (χ4v) is 4.11. The van der Waals surface area contributed by atoms with Crippen LogP contribution in [0.4, 0.5) is 0 Å². The maximum absolute atomic E-state index is 7.29. The lowest BCUT2D eigenvalue weighted by molar-refractivity contribution is 0.267. The summed E-state index contributed by atoms with van der Waals surface area (Å²) in [6.45, 7) is 9.20. The molecule has 0 saturated carbocycles. The Labute approximate surface area is 146 Å². The molecule has 0 aliphatic rings. The summed E-state index contributed by atoms with van der Waals surface area (Å²) in [6.07, 6.45) is 19.9. The quantitative estimate of drug-likeness (QED) is 0.196. The molecule has 0 aromatic heterocycles. The highest BCUT2D eigenvalue weighted by atomic mass is 35.5. The molecule has 0 spiro atoms. The lowest BCUT2D eigenvalue weighted by atomic mass is 9.77. The minimum atomic E-state index is 0.0905. The van der Waals surface area contributed by atoms with E-state index in [0.717, 1.165) is 5.92 Å². The second-order valence-electron chi connectivity index (χ2n) is 7.28. The minimum absolute atomic E-state index is 0.0905. The third-order valence-corrected chi connectivity index (χ3v) is 5.87. The third kappa shape index (κ3) is 10.1. The minimum Gasteiger partial charge on any atom is -0.119 e. The van der Waals surface area contributed by atoms with E-state index in [-0.39, 0.29) is 4.87 Å². The molecular formula is C21H43Cl. The SMILES string of the molecule is CCCCCC(CCCC)C(Cl)(CCCCC)CCCCC. The Morgan fingerprint density at radius 1 is 0.591 bits per heavy atom. The number of alkyl halides is 1. The molecule has 22 heavy (non-hydrogen) atoms. The van der Waals surface area contributed by atoms with E-state index in [2.05, 4.69) is 27.7 Å². The Bertz CT molecular complexity index is 214. The van der Waals surface area contributed by atoms with Crippen LogP contribution >= 0.6 is 11.6 Å². The number of hydrogen-bond acceptors (Lipinski definition) is 0. The van der Waals surface area contributed by atoms with E-state index in [4.69, 9.17) is 11.6 Å². The summed E-state index contributed by atoms with van der Waals surface area (Å²) in [4.78, 5) is 0.0905. The molecule has 0 N–H and O–H groups in total. The maximum Gasteiger partial charge on any atom is 0.0475 e. The molecule has 0 aliphatic heterocycles. The average molecular weight is 331 g/mol. The Hall–Kier alpha value is 0.290. The highest BCUT2D eigenvalue weighted by molar-refractivity contribution is 6.24. The Morgan fingerprint density at radius 2 is 1.00 bits per heavy atom. The predicted molar refractivity (Wildman–Crippen MR) is 104 cm³/mol. The van der Waals surface area contributed by atoms with Crippen LogP contribution in [-0.4, -0.2) is 4.87 Å². The number of halogens is 1. The monoisotopic (exact) mass is 330 g/mol. The second-order valence-corrected chi connectivity index (χ2v) is 8.04. The van der Waals surface area contributed by atoms with Gasteiger partial charge in [0.05, 0.1) is 0 Å². The topological polar surface area (TPSA) is 0 Å². The van der Waals surface area contributed by atoms with Crippen LogP contribution < -0.4 is 0 Å². The van der Waals surface area contributed by atoms with E-state index in [1.54, 1.807) is 0 Å². The average Bonchev–Trinajstić information content (AvgIpc) is 2.51. The first-order valence-electron chi connectivity index (χ1n) is 10.3. The van der Waals surface area contributed by atoms with E-state index in [1.165, 1.54) is 96.3 Å². The first kappa shape index (κ1) is 22.3. The molecule has 0 fully saturated rings. The smallest absolute Gasteiger partial charge is 0.0475 e. The van der Waals surface area contributed by atoms with E-state index >= 15 is 0 Å². The van der Waals surface area contributed by atoms with Crippen LogP contribution in [0.15, 0.2) is 0 Å². The van der Waals surface area contributed by atoms with Crippen LogP contribution in [-0.2, 0) is 0 Å². The van der Waals surface area contributed by atoms with Gasteiger partial charge in [0.1, 0.15) is 0 Å². The number of hydrogen-bond donors (Lipinski definition) is 0. The standard InChI is InChI=1S/C21H43Cl/c1-5-9-13-17-20(16-12-8-4)21(22,18-14-10-6-2)19-15-11-7-3/h20H,5-19H2,1-4H3. The molecule has 0 saturated heterocycles. The van der Waals surface area contributed by atoms with Gasteiger partial charge in [0.15, 0.2) is 0 Å². The van der Waals surface area contributed by atoms with Crippen molar-refractivity contribution in [3.8, 4) is 0 Å². The Kier molecular flexibility index (Phi) is 15.1. The van der Waals surface area contributed by atoms with Gasteiger partial charge < -0.3 is 0 Å². The second kappa shape index (κ2) is 14.9. The molecule has 0 amide bonds. The molecule has 0 nitrogen and oxygen atoms in total. The number of unbranched alkanes of at least 4 members (excludes halogenated alkanes) is 7. The summed E-state index contributed by atoms with van der Waals surface area (Å²) >= 11 is 7.29. The fourth-order valence-electron chi connectivity index (χ4n) is 3.62. The first-order valence-corrected chi connectivity index (χ1v) is 10.7. The van der Waals surface area contributed by atoms with Crippen molar-refractivity contribution in [2.45, 2.75) is 129 Å². The van der Waals surface area contributed by atoms with Crippen LogP contribution in [0.1, 0.15) is 124 Å². The molecule has 134 valence electrons. The predicted octanol–water partition coefficient (Wildman–Crippen LogP) is 8.51. The van der Waals surface area contributed by atoms with Gasteiger partial charge in [-0.2, -0.15) is 0 Å². The van der Waals surface area contributed by atoms with Crippen molar-refractivity contribution in [2.24, 2.45) is 5.92 Å². The van der Waals surface area contributed by atoms with Gasteiger partial charge in [0, 0.05) is 4.87 Å². The van der Waals surface area contributed by atoms with Gasteiger partial charge in [-0.25, -0.2) is 0 Å². The van der Waals surface area contributed by atoms with E-state index < -0.39 is 0 Å². The van der Waals surface area contributed by atoms with Gasteiger partial charge >= 0.3 is 0 Å². The molecule has 0 aromatic carbocycles. The zero-order valence-electron chi connectivity index (χ0n) is 16.1. The molecule has 1 unspecified atom stereocenters. The van der Waals surface area contributed by atoms with Crippen molar-refractivity contribution in [2.75, 3.05) is 0 Å². The highest BCUT2D eigenvalue weighted by Crippen LogP contribution is 2.42. The van der Waals surface area contributed by atoms with E-state index in [1.807, 2.05) is 0 Å². The summed E-state index contributed by atoms with van der Waals surface area (Å²) in [5.41, 5.74) is 0. The van der Waals surface area contributed by atoms with Crippen LogP contribution in [0.25, 0.3) is 0 Å². The molecule has 0 rings (SSSR count). The molecular weight excluding hydrogens is 288 g/mol. The zero-order valence-corrected chi connectivity index (χ0v) is 16.8. The molecule has 1 atom stereocenters. The summed E-state index contributed by atoms with van der Waals surface area (Å²) in [7, 11) is 0. The molecule has 0 aromatic rings. The lowest BCUT2D eigenvalue weighted by Crippen LogP contribution is -2.32. The van der Waals surface area contributed by atoms with E-state index in [9.17, 15) is 0 Å². The van der Waals surface area contributed by atoms with Crippen molar-refractivity contribution in [3.05, 3.63) is 0 Å². The zero-order chi connectivity index (χ0) is 16.7. The molecule has 0 aliphatic carbocycles. The van der Waals surface area contributed by atoms with Gasteiger partial charge in [-0.05, 0) is 31.6 Å². The summed E-state index contributed by atoms with van der Waals surface area (Å²) in [5.74, 6) is 0.745. The first-order chi connectivity index (χ1) is 10.6. The van der Waals surface area contributed by atoms with Gasteiger partial charge in [-0.15, -0.1) is 11.6 Å². The van der Waals surface area contributed by atoms with Crippen molar-refractivity contribution in [3.63, 3.8) is 0 Å². The molecule has 0 heterocycles. The van der Waals surface area contributed by atoms with Crippen LogP contribution in [0.5, 0.6) is 0 Å². The Balaban J connectivity index is 4.71. The van der Waals surface area contributed by atoms with E-state index in [0.29, 0.717) is 0 Å². The van der Waals surface area contributed by atoms with Gasteiger partial charge in [0.2, 0.25) is 0 Å². The molecule has 1 heteroatoms. The highest BCUT2D eigenvalue weighted by Gasteiger charge is 2.34. The van der Waals surface area contributed by atoms with Crippen LogP contribution in [0, 0.1) is 5.92 Å². The summed E-state index contributed by atoms with van der Waals surface area (Å²) < 4.78 is 0. The van der Waals surface area contributed by atoms with Crippen LogP contribution in [0.2, 0.25) is 0 Å². The largest absolute Gasteiger partial charge is 0.119 e. The third-order valence-electron chi connectivity index (χ3n) is 5.19. The van der Waals surface area contributed by atoms with Gasteiger partial charge in [-0.1, -0.05) is 98.3 Å². The van der Waals surface area contributed by atoms with Crippen LogP contribution in [0.3, 0.4) is 0 Å². The van der Waals surface area contributed by atoms with Crippen molar-refractivity contribution in [1.29, 1.82) is 0 Å². The normalized spacial score (nSPS) is 13.5.